The van der Waals surface area contributed by atoms with Crippen molar-refractivity contribution in [1.82, 2.24) is 29.8 Å². The summed E-state index contributed by atoms with van der Waals surface area (Å²) in [6, 6.07) is 12.4. The summed E-state index contributed by atoms with van der Waals surface area (Å²) in [4.78, 5) is 31.4. The molecule has 1 fully saturated rings. The number of nitrogens with one attached hydrogen (secondary N) is 1. The number of nitrogens with zero attached hydrogens (tertiary/aromatic N) is 6. The molecule has 4 aromatic heterocycles. The summed E-state index contributed by atoms with van der Waals surface area (Å²) in [5, 5.41) is 16.3. The lowest BCUT2D eigenvalue weighted by Gasteiger charge is -2.20. The van der Waals surface area contributed by atoms with Crippen molar-refractivity contribution in [1.29, 1.82) is 0 Å². The molecule has 45 heavy (non-hydrogen) atoms. The lowest BCUT2D eigenvalue weighted by molar-refractivity contribution is -0.119. The number of carbonyl (C=O) groups is 1. The summed E-state index contributed by atoms with van der Waals surface area (Å²) < 4.78 is 23.5. The summed E-state index contributed by atoms with van der Waals surface area (Å²) in [5.74, 6) is -0.132. The Labute approximate surface area is 263 Å². The van der Waals surface area contributed by atoms with E-state index in [4.69, 9.17) is 16.0 Å². The molecule has 1 amide bonds. The van der Waals surface area contributed by atoms with Crippen molar-refractivity contribution >= 4 is 23.2 Å². The third-order valence-corrected chi connectivity index (χ3v) is 8.82. The standard InChI is InChI=1S/C33H31ClFN7O3/c1-18-4-3-5-23(26-14-21(12-13-36-26)31-27(38-32(18)43)16-37-42(31)19(2)35)24-9-11-30(45-33(24)44)25-15-22(34)8-10-29(25)41-17-28(39-40-41)20-6-7-20/h8-20,23H,3-7H2,1-2H3,(H,38,43). The lowest BCUT2D eigenvalue weighted by atomic mass is 9.88. The van der Waals surface area contributed by atoms with Crippen molar-refractivity contribution in [2.24, 2.45) is 5.92 Å². The summed E-state index contributed by atoms with van der Waals surface area (Å²) in [6.45, 7) is 3.23. The number of rotatable bonds is 5. The van der Waals surface area contributed by atoms with E-state index in [0.29, 0.717) is 75.4 Å². The van der Waals surface area contributed by atoms with Gasteiger partial charge in [0.1, 0.15) is 5.76 Å². The minimum atomic E-state index is -1.43. The van der Waals surface area contributed by atoms with Crippen LogP contribution in [0, 0.1) is 5.92 Å². The van der Waals surface area contributed by atoms with E-state index in [9.17, 15) is 14.0 Å². The van der Waals surface area contributed by atoms with Crippen LogP contribution < -0.4 is 10.9 Å². The molecule has 1 N–H and O–H groups in total. The second kappa shape index (κ2) is 11.7. The molecular formula is C33H31ClFN7O3. The molecule has 0 spiro atoms. The second-order valence-corrected chi connectivity index (χ2v) is 12.3. The third kappa shape index (κ3) is 5.68. The molecule has 0 radical (unpaired) electrons. The molecule has 0 saturated heterocycles. The maximum Gasteiger partial charge on any atom is 0.340 e. The SMILES string of the molecule is CC1CCCC(c2ccc(-c3cc(Cl)ccc3-n3cc(C4CC4)nn3)oc2=O)c2cc(ccn2)-c2c(cnn2C(C)F)NC1=O. The first-order chi connectivity index (χ1) is 21.8. The van der Waals surface area contributed by atoms with Gasteiger partial charge in [-0.3, -0.25) is 9.78 Å². The van der Waals surface area contributed by atoms with Gasteiger partial charge < -0.3 is 9.73 Å². The average molecular weight is 628 g/mol. The molecule has 7 rings (SSSR count). The molecule has 5 heterocycles. The molecule has 3 atom stereocenters. The first-order valence-corrected chi connectivity index (χ1v) is 15.5. The number of fused-ring (bicyclic) bond motifs is 4. The van der Waals surface area contributed by atoms with Gasteiger partial charge in [-0.25, -0.2) is 18.5 Å². The molecule has 2 aliphatic rings. The Morgan fingerprint density at radius 2 is 1.91 bits per heavy atom. The number of anilines is 1. The molecule has 1 saturated carbocycles. The van der Waals surface area contributed by atoms with Gasteiger partial charge >= 0.3 is 5.63 Å². The molecule has 1 aliphatic heterocycles. The van der Waals surface area contributed by atoms with Crippen LogP contribution in [0.1, 0.15) is 81.0 Å². The molecule has 1 aliphatic carbocycles. The van der Waals surface area contributed by atoms with Crippen molar-refractivity contribution < 1.29 is 13.6 Å². The Hall–Kier alpha value is -4.64. The van der Waals surface area contributed by atoms with Crippen LogP contribution in [0.3, 0.4) is 0 Å². The maximum absolute atomic E-state index is 14.6. The highest BCUT2D eigenvalue weighted by atomic mass is 35.5. The minimum absolute atomic E-state index is 0.174. The third-order valence-electron chi connectivity index (χ3n) is 8.59. The maximum atomic E-state index is 14.6. The zero-order valence-corrected chi connectivity index (χ0v) is 25.5. The number of carbonyl (C=O) groups excluding carboxylic acids is 1. The van der Waals surface area contributed by atoms with Crippen LogP contribution in [0.4, 0.5) is 10.1 Å². The van der Waals surface area contributed by atoms with Crippen LogP contribution in [-0.2, 0) is 4.79 Å². The van der Waals surface area contributed by atoms with Gasteiger partial charge in [0.15, 0.2) is 6.30 Å². The Balaban J connectivity index is 1.30. The number of hydrogen-bond acceptors (Lipinski definition) is 7. The van der Waals surface area contributed by atoms with Crippen LogP contribution in [0.2, 0.25) is 5.02 Å². The molecule has 2 bridgehead atoms. The molecular weight excluding hydrogens is 597 g/mol. The smallest absolute Gasteiger partial charge is 0.340 e. The summed E-state index contributed by atoms with van der Waals surface area (Å²) >= 11 is 6.39. The van der Waals surface area contributed by atoms with Gasteiger partial charge in [0, 0.05) is 51.4 Å². The zero-order chi connectivity index (χ0) is 31.2. The fourth-order valence-corrected chi connectivity index (χ4v) is 6.14. The van der Waals surface area contributed by atoms with Crippen LogP contribution in [0.5, 0.6) is 0 Å². The monoisotopic (exact) mass is 627 g/mol. The number of benzene rings is 1. The summed E-state index contributed by atoms with van der Waals surface area (Å²) in [6.07, 6.45) is 7.56. The average Bonchev–Trinajstić information content (AvgIpc) is 3.60. The molecule has 3 unspecified atom stereocenters. The van der Waals surface area contributed by atoms with E-state index in [-0.39, 0.29) is 11.8 Å². The predicted octanol–water partition coefficient (Wildman–Crippen LogP) is 7.06. The van der Waals surface area contributed by atoms with E-state index in [2.05, 4.69) is 25.7 Å². The quantitative estimate of drug-likeness (QED) is 0.221. The second-order valence-electron chi connectivity index (χ2n) is 11.8. The van der Waals surface area contributed by atoms with Gasteiger partial charge in [-0.15, -0.1) is 5.10 Å². The summed E-state index contributed by atoms with van der Waals surface area (Å²) in [5.41, 5.74) is 4.28. The van der Waals surface area contributed by atoms with Gasteiger partial charge in [-0.05, 0) is 75.1 Å². The van der Waals surface area contributed by atoms with Gasteiger partial charge in [0.05, 0.1) is 35.2 Å². The van der Waals surface area contributed by atoms with E-state index in [1.54, 1.807) is 41.2 Å². The topological polar surface area (TPSA) is 121 Å². The number of amides is 1. The lowest BCUT2D eigenvalue weighted by Crippen LogP contribution is -2.22. The fraction of sp³-hybridized carbons (Fsp3) is 0.333. The number of halogens is 2. The molecule has 1 aromatic carbocycles. The number of hydrogen-bond donors (Lipinski definition) is 1. The van der Waals surface area contributed by atoms with Crippen molar-refractivity contribution in [3.05, 3.63) is 93.4 Å². The largest absolute Gasteiger partial charge is 0.422 e. The zero-order valence-electron chi connectivity index (χ0n) is 24.8. The van der Waals surface area contributed by atoms with Crippen molar-refractivity contribution in [2.45, 2.75) is 64.1 Å². The molecule has 230 valence electrons. The van der Waals surface area contributed by atoms with E-state index < -0.39 is 17.8 Å². The van der Waals surface area contributed by atoms with Crippen molar-refractivity contribution in [3.63, 3.8) is 0 Å². The summed E-state index contributed by atoms with van der Waals surface area (Å²) in [7, 11) is 0. The van der Waals surface area contributed by atoms with Crippen LogP contribution in [0.15, 0.2) is 70.3 Å². The Kier molecular flexibility index (Phi) is 7.56. The van der Waals surface area contributed by atoms with Crippen molar-refractivity contribution in [2.75, 3.05) is 5.32 Å². The Bertz CT molecular complexity index is 1960. The van der Waals surface area contributed by atoms with E-state index >= 15 is 0 Å². The Morgan fingerprint density at radius 3 is 2.69 bits per heavy atom. The van der Waals surface area contributed by atoms with Gasteiger partial charge in [-0.1, -0.05) is 30.2 Å². The van der Waals surface area contributed by atoms with E-state index in [1.165, 1.54) is 17.8 Å². The first-order valence-electron chi connectivity index (χ1n) is 15.1. The highest BCUT2D eigenvalue weighted by Crippen LogP contribution is 2.40. The molecule has 10 nitrogen and oxygen atoms in total. The normalized spacial score (nSPS) is 19.2. The van der Waals surface area contributed by atoms with Gasteiger partial charge in [0.2, 0.25) is 5.91 Å². The van der Waals surface area contributed by atoms with E-state index in [0.717, 1.165) is 18.5 Å². The molecule has 5 aromatic rings. The molecule has 12 heteroatoms. The number of pyridine rings is 1. The van der Waals surface area contributed by atoms with Crippen LogP contribution in [-0.4, -0.2) is 35.7 Å². The Morgan fingerprint density at radius 1 is 1.07 bits per heavy atom. The van der Waals surface area contributed by atoms with E-state index in [1.807, 2.05) is 25.3 Å². The highest BCUT2D eigenvalue weighted by Gasteiger charge is 2.28. The van der Waals surface area contributed by atoms with Gasteiger partial charge in [0.25, 0.3) is 0 Å². The minimum Gasteiger partial charge on any atom is -0.422 e. The van der Waals surface area contributed by atoms with Gasteiger partial charge in [-0.2, -0.15) is 5.10 Å². The number of alkyl halides is 1. The predicted molar refractivity (Wildman–Crippen MR) is 167 cm³/mol. The van der Waals surface area contributed by atoms with Crippen molar-refractivity contribution in [3.8, 4) is 28.3 Å². The number of aromatic nitrogens is 6. The first kappa shape index (κ1) is 29.1. The highest BCUT2D eigenvalue weighted by molar-refractivity contribution is 6.31. The van der Waals surface area contributed by atoms with Crippen LogP contribution >= 0.6 is 11.6 Å². The van der Waals surface area contributed by atoms with Crippen LogP contribution in [0.25, 0.3) is 28.3 Å². The fourth-order valence-electron chi connectivity index (χ4n) is 5.97.